The third-order valence-electron chi connectivity index (χ3n) is 3.93. The molecular weight excluding hydrogens is 262 g/mol. The maximum Gasteiger partial charge on any atom is 0.137 e. The van der Waals surface area contributed by atoms with Gasteiger partial charge in [-0.2, -0.15) is 0 Å². The van der Waals surface area contributed by atoms with Crippen molar-refractivity contribution in [2.45, 2.75) is 38.3 Å². The molecule has 1 aliphatic carbocycles. The lowest BCUT2D eigenvalue weighted by Gasteiger charge is -2.31. The van der Waals surface area contributed by atoms with E-state index < -0.39 is 0 Å². The summed E-state index contributed by atoms with van der Waals surface area (Å²) >= 11 is 6.11. The summed E-state index contributed by atoms with van der Waals surface area (Å²) in [6, 6.07) is 6.27. The van der Waals surface area contributed by atoms with Crippen molar-refractivity contribution in [1.29, 1.82) is 0 Å². The average Bonchev–Trinajstić information content (AvgIpc) is 2.45. The van der Waals surface area contributed by atoms with Crippen LogP contribution in [0.2, 0.25) is 5.02 Å². The van der Waals surface area contributed by atoms with E-state index in [4.69, 9.17) is 16.3 Å². The molecule has 0 aliphatic heterocycles. The van der Waals surface area contributed by atoms with E-state index >= 15 is 0 Å². The zero-order valence-electron chi connectivity index (χ0n) is 11.4. The molecule has 2 rings (SSSR count). The van der Waals surface area contributed by atoms with Crippen LogP contribution >= 0.6 is 11.6 Å². The van der Waals surface area contributed by atoms with E-state index in [1.54, 1.807) is 7.11 Å². The SMILES string of the molecule is COc1ccc(CNC2CCCCC2CO)cc1Cl. The van der Waals surface area contributed by atoms with E-state index in [9.17, 15) is 5.11 Å². The fourth-order valence-corrected chi connectivity index (χ4v) is 3.04. The zero-order valence-corrected chi connectivity index (χ0v) is 12.1. The first-order valence-electron chi connectivity index (χ1n) is 6.91. The molecule has 0 bridgehead atoms. The summed E-state index contributed by atoms with van der Waals surface area (Å²) in [7, 11) is 1.62. The summed E-state index contributed by atoms with van der Waals surface area (Å²) in [4.78, 5) is 0. The van der Waals surface area contributed by atoms with Crippen LogP contribution in [0.15, 0.2) is 18.2 Å². The smallest absolute Gasteiger partial charge is 0.137 e. The summed E-state index contributed by atoms with van der Waals surface area (Å²) in [5.74, 6) is 1.10. The third-order valence-corrected chi connectivity index (χ3v) is 4.22. The van der Waals surface area contributed by atoms with Crippen LogP contribution in [0.1, 0.15) is 31.2 Å². The molecule has 3 nitrogen and oxygen atoms in total. The fraction of sp³-hybridized carbons (Fsp3) is 0.600. The number of aliphatic hydroxyl groups excluding tert-OH is 1. The van der Waals surface area contributed by atoms with E-state index in [1.165, 1.54) is 12.8 Å². The van der Waals surface area contributed by atoms with E-state index in [0.29, 0.717) is 22.7 Å². The van der Waals surface area contributed by atoms with Gasteiger partial charge in [0.1, 0.15) is 5.75 Å². The molecule has 1 fully saturated rings. The molecule has 4 heteroatoms. The lowest BCUT2D eigenvalue weighted by Crippen LogP contribution is -2.39. The normalized spacial score (nSPS) is 23.3. The summed E-state index contributed by atoms with van der Waals surface area (Å²) in [5.41, 5.74) is 1.15. The Morgan fingerprint density at radius 1 is 1.37 bits per heavy atom. The quantitative estimate of drug-likeness (QED) is 0.873. The Labute approximate surface area is 119 Å². The van der Waals surface area contributed by atoms with Crippen LogP contribution in [0.4, 0.5) is 0 Å². The highest BCUT2D eigenvalue weighted by molar-refractivity contribution is 6.32. The molecule has 1 aliphatic rings. The minimum absolute atomic E-state index is 0.279. The molecule has 1 saturated carbocycles. The number of benzene rings is 1. The van der Waals surface area contributed by atoms with Gasteiger partial charge >= 0.3 is 0 Å². The van der Waals surface area contributed by atoms with Crippen LogP contribution in [0.3, 0.4) is 0 Å². The Morgan fingerprint density at radius 2 is 2.16 bits per heavy atom. The van der Waals surface area contributed by atoms with Crippen LogP contribution < -0.4 is 10.1 Å². The second-order valence-electron chi connectivity index (χ2n) is 5.18. The molecule has 0 radical (unpaired) electrons. The van der Waals surface area contributed by atoms with Crippen LogP contribution in [0.25, 0.3) is 0 Å². The first kappa shape index (κ1) is 14.6. The third kappa shape index (κ3) is 3.85. The van der Waals surface area contributed by atoms with Crippen molar-refractivity contribution in [3.8, 4) is 5.75 Å². The van der Waals surface area contributed by atoms with Gasteiger partial charge in [0.15, 0.2) is 0 Å². The molecule has 2 atom stereocenters. The number of rotatable bonds is 5. The van der Waals surface area contributed by atoms with Crippen molar-refractivity contribution in [2.24, 2.45) is 5.92 Å². The van der Waals surface area contributed by atoms with Gasteiger partial charge in [-0.15, -0.1) is 0 Å². The summed E-state index contributed by atoms with van der Waals surface area (Å²) < 4.78 is 5.14. The number of nitrogens with one attached hydrogen (secondary N) is 1. The van der Waals surface area contributed by atoms with Crippen molar-refractivity contribution in [3.63, 3.8) is 0 Å². The highest BCUT2D eigenvalue weighted by Gasteiger charge is 2.23. The van der Waals surface area contributed by atoms with Crippen molar-refractivity contribution >= 4 is 11.6 Å². The number of halogens is 1. The molecule has 106 valence electrons. The van der Waals surface area contributed by atoms with E-state index in [2.05, 4.69) is 5.32 Å². The highest BCUT2D eigenvalue weighted by atomic mass is 35.5. The Kier molecular flexibility index (Phi) is 5.49. The van der Waals surface area contributed by atoms with E-state index in [1.807, 2.05) is 18.2 Å². The second-order valence-corrected chi connectivity index (χ2v) is 5.59. The Bertz CT molecular complexity index is 411. The number of ether oxygens (including phenoxy) is 1. The zero-order chi connectivity index (χ0) is 13.7. The Balaban J connectivity index is 1.92. The number of aliphatic hydroxyl groups is 1. The molecule has 0 saturated heterocycles. The number of methoxy groups -OCH3 is 1. The van der Waals surface area contributed by atoms with E-state index in [0.717, 1.165) is 24.9 Å². The van der Waals surface area contributed by atoms with Crippen molar-refractivity contribution in [1.82, 2.24) is 5.32 Å². The maximum atomic E-state index is 9.39. The largest absolute Gasteiger partial charge is 0.495 e. The predicted octanol–water partition coefficient (Wildman–Crippen LogP) is 2.99. The summed E-state index contributed by atoms with van der Waals surface area (Å²) in [6.07, 6.45) is 4.75. The molecule has 1 aromatic carbocycles. The lowest BCUT2D eigenvalue weighted by molar-refractivity contribution is 0.152. The minimum atomic E-state index is 0.279. The van der Waals surface area contributed by atoms with Crippen LogP contribution in [-0.4, -0.2) is 24.9 Å². The van der Waals surface area contributed by atoms with Gasteiger partial charge in [-0.1, -0.05) is 30.5 Å². The van der Waals surface area contributed by atoms with Gasteiger partial charge < -0.3 is 15.2 Å². The number of hydrogen-bond acceptors (Lipinski definition) is 3. The molecule has 2 unspecified atom stereocenters. The van der Waals surface area contributed by atoms with Crippen LogP contribution in [0.5, 0.6) is 5.75 Å². The van der Waals surface area contributed by atoms with Crippen LogP contribution in [0, 0.1) is 5.92 Å². The summed E-state index contributed by atoms with van der Waals surface area (Å²) in [5, 5.41) is 13.6. The molecule has 2 N–H and O–H groups in total. The molecule has 0 aromatic heterocycles. The molecule has 0 heterocycles. The van der Waals surface area contributed by atoms with Gasteiger partial charge in [-0.25, -0.2) is 0 Å². The average molecular weight is 284 g/mol. The monoisotopic (exact) mass is 283 g/mol. The van der Waals surface area contributed by atoms with E-state index in [-0.39, 0.29) is 6.61 Å². The molecular formula is C15H22ClNO2. The van der Waals surface area contributed by atoms with Crippen molar-refractivity contribution in [2.75, 3.05) is 13.7 Å². The topological polar surface area (TPSA) is 41.5 Å². The molecule has 0 spiro atoms. The van der Waals surface area contributed by atoms with Crippen LogP contribution in [-0.2, 0) is 6.54 Å². The first-order chi connectivity index (χ1) is 9.24. The van der Waals surface area contributed by atoms with Crippen molar-refractivity contribution < 1.29 is 9.84 Å². The lowest BCUT2D eigenvalue weighted by atomic mass is 9.85. The first-order valence-corrected chi connectivity index (χ1v) is 7.29. The van der Waals surface area contributed by atoms with Gasteiger partial charge in [-0.05, 0) is 36.5 Å². The van der Waals surface area contributed by atoms with Gasteiger partial charge in [0.25, 0.3) is 0 Å². The standard InChI is InChI=1S/C15H22ClNO2/c1-19-15-7-6-11(8-13(15)16)9-17-14-5-3-2-4-12(14)10-18/h6-8,12,14,17-18H,2-5,9-10H2,1H3. The van der Waals surface area contributed by atoms with Crippen molar-refractivity contribution in [3.05, 3.63) is 28.8 Å². The molecule has 0 amide bonds. The fourth-order valence-electron chi connectivity index (χ4n) is 2.76. The Hall–Kier alpha value is -0.770. The predicted molar refractivity (Wildman–Crippen MR) is 77.7 cm³/mol. The van der Waals surface area contributed by atoms with Gasteiger partial charge in [0, 0.05) is 19.2 Å². The Morgan fingerprint density at radius 3 is 2.84 bits per heavy atom. The maximum absolute atomic E-state index is 9.39. The van der Waals surface area contributed by atoms with Gasteiger partial charge in [0.05, 0.1) is 12.1 Å². The van der Waals surface area contributed by atoms with Gasteiger partial charge in [-0.3, -0.25) is 0 Å². The highest BCUT2D eigenvalue weighted by Crippen LogP contribution is 2.26. The molecule has 1 aromatic rings. The summed E-state index contributed by atoms with van der Waals surface area (Å²) in [6.45, 7) is 1.06. The number of hydrogen-bond donors (Lipinski definition) is 2. The minimum Gasteiger partial charge on any atom is -0.495 e. The second kappa shape index (κ2) is 7.13. The van der Waals surface area contributed by atoms with Gasteiger partial charge in [0.2, 0.25) is 0 Å². The molecule has 19 heavy (non-hydrogen) atoms.